The van der Waals surface area contributed by atoms with E-state index in [1.165, 1.54) is 16.7 Å². The number of hydrogen-bond acceptors (Lipinski definition) is 2. The minimum Gasteiger partial charge on any atom is -0.327 e. The third-order valence-electron chi connectivity index (χ3n) is 2.32. The molecule has 0 aliphatic heterocycles. The second-order valence-electron chi connectivity index (χ2n) is 4.12. The lowest BCUT2D eigenvalue weighted by atomic mass is 10.0. The van der Waals surface area contributed by atoms with Gasteiger partial charge in [-0.2, -0.15) is 11.8 Å². The van der Waals surface area contributed by atoms with Crippen LogP contribution in [-0.4, -0.2) is 17.5 Å². The Morgan fingerprint density at radius 2 is 1.80 bits per heavy atom. The van der Waals surface area contributed by atoms with Crippen LogP contribution in [0.5, 0.6) is 0 Å². The molecular formula is C13H21NS. The van der Waals surface area contributed by atoms with Gasteiger partial charge in [0.05, 0.1) is 0 Å². The number of thioether (sulfide) groups is 1. The maximum Gasteiger partial charge on any atom is 0.0171 e. The molecule has 2 N–H and O–H groups in total. The Bertz CT molecular complexity index is 289. The normalized spacial score (nSPS) is 12.8. The molecule has 0 radical (unpaired) electrons. The van der Waals surface area contributed by atoms with Gasteiger partial charge < -0.3 is 5.73 Å². The van der Waals surface area contributed by atoms with Crippen molar-refractivity contribution in [2.75, 3.05) is 11.5 Å². The SMILES string of the molecule is CCSCC(N)Cc1cc(C)cc(C)c1. The molecule has 15 heavy (non-hydrogen) atoms. The Morgan fingerprint density at radius 3 is 2.33 bits per heavy atom. The van der Waals surface area contributed by atoms with Crippen LogP contribution in [0.1, 0.15) is 23.6 Å². The van der Waals surface area contributed by atoms with Crippen molar-refractivity contribution in [1.82, 2.24) is 0 Å². The van der Waals surface area contributed by atoms with Crippen LogP contribution >= 0.6 is 11.8 Å². The van der Waals surface area contributed by atoms with Crippen LogP contribution in [0.4, 0.5) is 0 Å². The smallest absolute Gasteiger partial charge is 0.0171 e. The molecule has 1 unspecified atom stereocenters. The summed E-state index contributed by atoms with van der Waals surface area (Å²) in [5.74, 6) is 2.21. The first-order valence-electron chi connectivity index (χ1n) is 5.52. The Hall–Kier alpha value is -0.470. The van der Waals surface area contributed by atoms with E-state index in [0.29, 0.717) is 0 Å². The fourth-order valence-electron chi connectivity index (χ4n) is 1.82. The van der Waals surface area contributed by atoms with Gasteiger partial charge in [-0.3, -0.25) is 0 Å². The molecule has 0 aliphatic rings. The van der Waals surface area contributed by atoms with Gasteiger partial charge in [0.1, 0.15) is 0 Å². The van der Waals surface area contributed by atoms with Crippen molar-refractivity contribution in [1.29, 1.82) is 0 Å². The lowest BCUT2D eigenvalue weighted by molar-refractivity contribution is 0.748. The molecule has 2 heteroatoms. The lowest BCUT2D eigenvalue weighted by Gasteiger charge is -2.11. The molecule has 1 aromatic carbocycles. The van der Waals surface area contributed by atoms with Gasteiger partial charge in [-0.15, -0.1) is 0 Å². The Kier molecular flexibility index (Phi) is 5.20. The minimum atomic E-state index is 0.288. The fourth-order valence-corrected chi connectivity index (χ4v) is 2.47. The molecule has 0 amide bonds. The third-order valence-corrected chi connectivity index (χ3v) is 3.39. The monoisotopic (exact) mass is 223 g/mol. The first-order valence-corrected chi connectivity index (χ1v) is 6.67. The number of hydrogen-bond donors (Lipinski definition) is 1. The van der Waals surface area contributed by atoms with Crippen LogP contribution in [0, 0.1) is 13.8 Å². The predicted molar refractivity (Wildman–Crippen MR) is 70.6 cm³/mol. The molecule has 0 aliphatic carbocycles. The van der Waals surface area contributed by atoms with E-state index in [2.05, 4.69) is 39.0 Å². The average Bonchev–Trinajstić information content (AvgIpc) is 2.13. The summed E-state index contributed by atoms with van der Waals surface area (Å²) in [6.45, 7) is 6.46. The van der Waals surface area contributed by atoms with Gasteiger partial charge in [-0.25, -0.2) is 0 Å². The summed E-state index contributed by atoms with van der Waals surface area (Å²) in [5, 5.41) is 0. The lowest BCUT2D eigenvalue weighted by Crippen LogP contribution is -2.25. The summed E-state index contributed by atoms with van der Waals surface area (Å²) in [6.07, 6.45) is 0.996. The summed E-state index contributed by atoms with van der Waals surface area (Å²) in [7, 11) is 0. The predicted octanol–water partition coefficient (Wildman–Crippen LogP) is 2.93. The molecule has 0 bridgehead atoms. The van der Waals surface area contributed by atoms with Crippen LogP contribution in [-0.2, 0) is 6.42 Å². The molecule has 0 fully saturated rings. The quantitative estimate of drug-likeness (QED) is 0.830. The highest BCUT2D eigenvalue weighted by Gasteiger charge is 2.04. The van der Waals surface area contributed by atoms with Crippen molar-refractivity contribution in [3.05, 3.63) is 34.9 Å². The van der Waals surface area contributed by atoms with Crippen molar-refractivity contribution in [2.24, 2.45) is 5.73 Å². The first-order chi connectivity index (χ1) is 7.11. The van der Waals surface area contributed by atoms with Gasteiger partial charge in [-0.1, -0.05) is 36.2 Å². The zero-order valence-electron chi connectivity index (χ0n) is 9.92. The number of rotatable bonds is 5. The van der Waals surface area contributed by atoms with E-state index < -0.39 is 0 Å². The van der Waals surface area contributed by atoms with Crippen LogP contribution in [0.15, 0.2) is 18.2 Å². The largest absolute Gasteiger partial charge is 0.327 e. The topological polar surface area (TPSA) is 26.0 Å². The molecule has 0 saturated carbocycles. The molecule has 1 aromatic rings. The van der Waals surface area contributed by atoms with Crippen LogP contribution in [0.2, 0.25) is 0 Å². The van der Waals surface area contributed by atoms with Crippen molar-refractivity contribution >= 4 is 11.8 Å². The van der Waals surface area contributed by atoms with E-state index in [1.807, 2.05) is 11.8 Å². The van der Waals surface area contributed by atoms with Crippen molar-refractivity contribution < 1.29 is 0 Å². The molecule has 1 rings (SSSR count). The highest BCUT2D eigenvalue weighted by atomic mass is 32.2. The Balaban J connectivity index is 2.56. The van der Waals surface area contributed by atoms with Crippen molar-refractivity contribution in [2.45, 2.75) is 33.2 Å². The van der Waals surface area contributed by atoms with Crippen molar-refractivity contribution in [3.8, 4) is 0 Å². The zero-order chi connectivity index (χ0) is 11.3. The number of benzene rings is 1. The van der Waals surface area contributed by atoms with Crippen LogP contribution in [0.3, 0.4) is 0 Å². The van der Waals surface area contributed by atoms with Gasteiger partial charge in [0.2, 0.25) is 0 Å². The summed E-state index contributed by atoms with van der Waals surface area (Å²) < 4.78 is 0. The van der Waals surface area contributed by atoms with Gasteiger partial charge in [0.15, 0.2) is 0 Å². The summed E-state index contributed by atoms with van der Waals surface area (Å²) in [5.41, 5.74) is 10.1. The van der Waals surface area contributed by atoms with E-state index in [0.717, 1.165) is 17.9 Å². The first kappa shape index (κ1) is 12.6. The molecule has 0 saturated heterocycles. The Labute approximate surface area is 97.4 Å². The van der Waals surface area contributed by atoms with E-state index >= 15 is 0 Å². The van der Waals surface area contributed by atoms with E-state index in [9.17, 15) is 0 Å². The molecular weight excluding hydrogens is 202 g/mol. The zero-order valence-corrected chi connectivity index (χ0v) is 10.7. The maximum absolute atomic E-state index is 6.07. The second kappa shape index (κ2) is 6.19. The molecule has 0 heterocycles. The standard InChI is InChI=1S/C13H21NS/c1-4-15-9-13(14)8-12-6-10(2)5-11(3)7-12/h5-7,13H,4,8-9,14H2,1-3H3. The molecule has 0 aromatic heterocycles. The molecule has 84 valence electrons. The summed E-state index contributed by atoms with van der Waals surface area (Å²) >= 11 is 1.92. The highest BCUT2D eigenvalue weighted by molar-refractivity contribution is 7.99. The summed E-state index contributed by atoms with van der Waals surface area (Å²) in [4.78, 5) is 0. The third kappa shape index (κ3) is 4.72. The van der Waals surface area contributed by atoms with E-state index in [-0.39, 0.29) is 6.04 Å². The van der Waals surface area contributed by atoms with Crippen LogP contribution in [0.25, 0.3) is 0 Å². The molecule has 1 atom stereocenters. The van der Waals surface area contributed by atoms with Gasteiger partial charge in [0.25, 0.3) is 0 Å². The molecule has 0 spiro atoms. The Morgan fingerprint density at radius 1 is 1.20 bits per heavy atom. The second-order valence-corrected chi connectivity index (χ2v) is 5.44. The summed E-state index contributed by atoms with van der Waals surface area (Å²) in [6, 6.07) is 6.97. The molecule has 1 nitrogen and oxygen atoms in total. The number of nitrogens with two attached hydrogens (primary N) is 1. The maximum atomic E-state index is 6.07. The van der Waals surface area contributed by atoms with Gasteiger partial charge >= 0.3 is 0 Å². The highest BCUT2D eigenvalue weighted by Crippen LogP contribution is 2.12. The van der Waals surface area contributed by atoms with Crippen molar-refractivity contribution in [3.63, 3.8) is 0 Å². The van der Waals surface area contributed by atoms with E-state index in [4.69, 9.17) is 5.73 Å². The van der Waals surface area contributed by atoms with Crippen LogP contribution < -0.4 is 5.73 Å². The number of aryl methyl sites for hydroxylation is 2. The fraction of sp³-hybridized carbons (Fsp3) is 0.538. The minimum absolute atomic E-state index is 0.288. The average molecular weight is 223 g/mol. The van der Waals surface area contributed by atoms with E-state index in [1.54, 1.807) is 0 Å². The van der Waals surface area contributed by atoms with Gasteiger partial charge in [-0.05, 0) is 31.6 Å². The van der Waals surface area contributed by atoms with Gasteiger partial charge in [0, 0.05) is 11.8 Å².